The Morgan fingerprint density at radius 3 is 2.84 bits per heavy atom. The zero-order chi connectivity index (χ0) is 17.6. The summed E-state index contributed by atoms with van der Waals surface area (Å²) in [5.41, 5.74) is 3.38. The minimum atomic E-state index is -0.254. The Kier molecular flexibility index (Phi) is 3.77. The van der Waals surface area contributed by atoms with E-state index in [0.29, 0.717) is 16.5 Å². The van der Waals surface area contributed by atoms with Crippen LogP contribution in [0.25, 0.3) is 10.9 Å². The summed E-state index contributed by atoms with van der Waals surface area (Å²) in [6.07, 6.45) is 1.91. The highest BCUT2D eigenvalue weighted by atomic mass is 32.1. The fourth-order valence-electron chi connectivity index (χ4n) is 3.58. The third-order valence-electron chi connectivity index (χ3n) is 4.88. The van der Waals surface area contributed by atoms with E-state index >= 15 is 0 Å². The average Bonchev–Trinajstić information content (AvgIpc) is 3.04. The smallest absolute Gasteiger partial charge is 0.259 e. The number of rotatable bonds is 2. The Bertz CT molecular complexity index is 1100. The molecule has 5 nitrogen and oxygen atoms in total. The fraction of sp³-hybridized carbons (Fsp3) is 0.211. The number of nitrogens with zero attached hydrogens (tertiary/aromatic N) is 1. The van der Waals surface area contributed by atoms with Crippen molar-refractivity contribution in [1.82, 2.24) is 14.9 Å². The van der Waals surface area contributed by atoms with Crippen LogP contribution in [-0.2, 0) is 6.42 Å². The first-order valence-corrected chi connectivity index (χ1v) is 8.57. The number of carbonyl (C=O) groups is 1. The van der Waals surface area contributed by atoms with Gasteiger partial charge in [-0.3, -0.25) is 14.6 Å². The molecular weight excluding hydrogens is 334 g/mol. The van der Waals surface area contributed by atoms with Gasteiger partial charge in [0, 0.05) is 12.6 Å². The van der Waals surface area contributed by atoms with Gasteiger partial charge in [0.1, 0.15) is 0 Å². The highest BCUT2D eigenvalue weighted by molar-refractivity contribution is 7.71. The molecule has 6 heteroatoms. The van der Waals surface area contributed by atoms with Gasteiger partial charge in [-0.25, -0.2) is 0 Å². The number of H-pyrrole nitrogens is 2. The van der Waals surface area contributed by atoms with Gasteiger partial charge in [0.2, 0.25) is 0 Å². The molecule has 0 aliphatic heterocycles. The summed E-state index contributed by atoms with van der Waals surface area (Å²) >= 11 is 5.01. The van der Waals surface area contributed by atoms with Gasteiger partial charge in [0.05, 0.1) is 16.9 Å². The maximum Gasteiger partial charge on any atom is 0.259 e. The molecule has 1 aliphatic carbocycles. The van der Waals surface area contributed by atoms with Crippen LogP contribution in [0.15, 0.2) is 47.3 Å². The summed E-state index contributed by atoms with van der Waals surface area (Å²) in [6.45, 7) is 0. The largest absolute Gasteiger partial charge is 0.335 e. The van der Waals surface area contributed by atoms with Crippen LogP contribution in [-0.4, -0.2) is 27.8 Å². The van der Waals surface area contributed by atoms with Crippen LogP contribution in [0.2, 0.25) is 0 Å². The topological polar surface area (TPSA) is 69.0 Å². The lowest BCUT2D eigenvalue weighted by Gasteiger charge is -2.25. The van der Waals surface area contributed by atoms with Gasteiger partial charge in [0.15, 0.2) is 4.77 Å². The lowest BCUT2D eigenvalue weighted by molar-refractivity contribution is 0.0730. The summed E-state index contributed by atoms with van der Waals surface area (Å²) in [6, 6.07) is 13.4. The molecule has 0 saturated carbocycles. The number of aryl methyl sites for hydroxylation is 1. The second kappa shape index (κ2) is 5.97. The van der Waals surface area contributed by atoms with E-state index in [-0.39, 0.29) is 22.3 Å². The van der Waals surface area contributed by atoms with E-state index < -0.39 is 0 Å². The molecule has 1 amide bonds. The standard InChI is InChI=1S/C19H17N3O2S/c1-22(16-9-7-11-4-2-3-5-13(11)16)18(24)12-6-8-14-15(10-12)20-19(25)21-17(14)23/h2-6,8,10,16H,7,9H2,1H3,(H2,20,21,23,25)/t16-/m1/s1. The van der Waals surface area contributed by atoms with E-state index in [9.17, 15) is 9.59 Å². The van der Waals surface area contributed by atoms with Crippen molar-refractivity contribution in [2.24, 2.45) is 0 Å². The Morgan fingerprint density at radius 2 is 2.00 bits per heavy atom. The minimum absolute atomic E-state index is 0.0665. The number of carbonyl (C=O) groups excluding carboxylic acids is 1. The second-order valence-corrected chi connectivity index (χ2v) is 6.75. The van der Waals surface area contributed by atoms with E-state index in [0.717, 1.165) is 12.8 Å². The third kappa shape index (κ3) is 2.68. The third-order valence-corrected chi connectivity index (χ3v) is 5.08. The van der Waals surface area contributed by atoms with Gasteiger partial charge < -0.3 is 9.88 Å². The lowest BCUT2D eigenvalue weighted by atomic mass is 10.1. The molecule has 0 radical (unpaired) electrons. The Balaban J connectivity index is 1.70. The van der Waals surface area contributed by atoms with E-state index in [1.165, 1.54) is 11.1 Å². The molecule has 0 bridgehead atoms. The van der Waals surface area contributed by atoms with Crippen molar-refractivity contribution in [3.05, 3.63) is 74.3 Å². The van der Waals surface area contributed by atoms with Crippen molar-refractivity contribution in [1.29, 1.82) is 0 Å². The molecule has 0 unspecified atom stereocenters. The normalized spacial score (nSPS) is 16.0. The Labute approximate surface area is 149 Å². The van der Waals surface area contributed by atoms with E-state index in [1.807, 2.05) is 19.2 Å². The molecule has 126 valence electrons. The van der Waals surface area contributed by atoms with Crippen LogP contribution in [0.1, 0.15) is 33.9 Å². The Morgan fingerprint density at radius 1 is 1.20 bits per heavy atom. The number of aromatic amines is 2. The molecule has 1 atom stereocenters. The molecule has 0 fully saturated rings. The molecule has 1 heterocycles. The SMILES string of the molecule is CN(C(=O)c1ccc2c(=O)[nH]c(=S)[nH]c2c1)[C@@H]1CCc2ccccc21. The Hall–Kier alpha value is -2.73. The van der Waals surface area contributed by atoms with Crippen LogP contribution in [0.3, 0.4) is 0 Å². The van der Waals surface area contributed by atoms with Crippen molar-refractivity contribution >= 4 is 29.0 Å². The molecule has 0 saturated heterocycles. The second-order valence-electron chi connectivity index (χ2n) is 6.34. The summed E-state index contributed by atoms with van der Waals surface area (Å²) in [4.78, 5) is 32.2. The van der Waals surface area contributed by atoms with E-state index in [1.54, 1.807) is 23.1 Å². The van der Waals surface area contributed by atoms with Gasteiger partial charge in [-0.15, -0.1) is 0 Å². The maximum atomic E-state index is 13.0. The molecule has 3 aromatic rings. The molecule has 0 spiro atoms. The van der Waals surface area contributed by atoms with Crippen LogP contribution in [0.4, 0.5) is 0 Å². The van der Waals surface area contributed by atoms with Gasteiger partial charge in [-0.05, 0) is 54.4 Å². The lowest BCUT2D eigenvalue weighted by Crippen LogP contribution is -2.30. The summed E-state index contributed by atoms with van der Waals surface area (Å²) in [5, 5.41) is 0.485. The first-order chi connectivity index (χ1) is 12.0. The number of nitrogens with one attached hydrogen (secondary N) is 2. The van der Waals surface area contributed by atoms with E-state index in [4.69, 9.17) is 12.2 Å². The van der Waals surface area contributed by atoms with Crippen LogP contribution in [0, 0.1) is 4.77 Å². The quantitative estimate of drug-likeness (QED) is 0.696. The summed E-state index contributed by atoms with van der Waals surface area (Å²) < 4.78 is 0.250. The van der Waals surface area contributed by atoms with Gasteiger partial charge in [0.25, 0.3) is 11.5 Å². The van der Waals surface area contributed by atoms with Crippen LogP contribution < -0.4 is 5.56 Å². The highest BCUT2D eigenvalue weighted by Gasteiger charge is 2.28. The van der Waals surface area contributed by atoms with Crippen molar-refractivity contribution in [3.63, 3.8) is 0 Å². The minimum Gasteiger partial charge on any atom is -0.335 e. The fourth-order valence-corrected chi connectivity index (χ4v) is 3.79. The maximum absolute atomic E-state index is 13.0. The number of hydrogen-bond donors (Lipinski definition) is 2. The average molecular weight is 351 g/mol. The number of hydrogen-bond acceptors (Lipinski definition) is 3. The number of amides is 1. The zero-order valence-corrected chi connectivity index (χ0v) is 14.5. The van der Waals surface area contributed by atoms with Crippen LogP contribution >= 0.6 is 12.2 Å². The summed E-state index contributed by atoms with van der Waals surface area (Å²) in [5.74, 6) is -0.0665. The van der Waals surface area contributed by atoms with Crippen molar-refractivity contribution in [3.8, 4) is 0 Å². The summed E-state index contributed by atoms with van der Waals surface area (Å²) in [7, 11) is 1.83. The van der Waals surface area contributed by atoms with Gasteiger partial charge >= 0.3 is 0 Å². The number of fused-ring (bicyclic) bond motifs is 2. The van der Waals surface area contributed by atoms with E-state index in [2.05, 4.69) is 22.1 Å². The highest BCUT2D eigenvalue weighted by Crippen LogP contribution is 2.35. The molecule has 1 aromatic heterocycles. The van der Waals surface area contributed by atoms with Gasteiger partial charge in [-0.2, -0.15) is 0 Å². The first-order valence-electron chi connectivity index (χ1n) is 8.16. The molecule has 1 aliphatic rings. The number of benzene rings is 2. The molecular formula is C19H17N3O2S. The first kappa shape index (κ1) is 15.8. The predicted octanol–water partition coefficient (Wildman–Crippen LogP) is 3.35. The zero-order valence-electron chi connectivity index (χ0n) is 13.7. The molecule has 2 aromatic carbocycles. The van der Waals surface area contributed by atoms with Gasteiger partial charge in [-0.1, -0.05) is 24.3 Å². The molecule has 25 heavy (non-hydrogen) atoms. The number of aromatic nitrogens is 2. The molecule has 4 rings (SSSR count). The predicted molar refractivity (Wildman–Crippen MR) is 99.4 cm³/mol. The molecule has 2 N–H and O–H groups in total. The van der Waals surface area contributed by atoms with Crippen molar-refractivity contribution in [2.45, 2.75) is 18.9 Å². The van der Waals surface area contributed by atoms with Crippen molar-refractivity contribution < 1.29 is 4.79 Å². The monoisotopic (exact) mass is 351 g/mol. The van der Waals surface area contributed by atoms with Crippen molar-refractivity contribution in [2.75, 3.05) is 7.05 Å². The van der Waals surface area contributed by atoms with Crippen LogP contribution in [0.5, 0.6) is 0 Å².